The van der Waals surface area contributed by atoms with Crippen LogP contribution in [-0.4, -0.2) is 24.1 Å². The number of nitrogens with zero attached hydrogens (tertiary/aromatic N) is 2. The fraction of sp³-hybridized carbons (Fsp3) is 0.538. The molecular formula is C13H20N4O. The van der Waals surface area contributed by atoms with Crippen LogP contribution in [0.2, 0.25) is 0 Å². The molecule has 0 saturated heterocycles. The smallest absolute Gasteiger partial charge is 0.240 e. The van der Waals surface area contributed by atoms with Crippen LogP contribution < -0.4 is 10.6 Å². The largest absolute Gasteiger partial charge is 0.345 e. The predicted molar refractivity (Wildman–Crippen MR) is 69.7 cm³/mol. The Morgan fingerprint density at radius 3 is 2.83 bits per heavy atom. The lowest BCUT2D eigenvalue weighted by atomic mass is 9.99. The minimum atomic E-state index is -0.149. The molecule has 0 radical (unpaired) electrons. The van der Waals surface area contributed by atoms with Crippen molar-refractivity contribution in [3.63, 3.8) is 0 Å². The van der Waals surface area contributed by atoms with E-state index in [2.05, 4.69) is 24.5 Å². The van der Waals surface area contributed by atoms with Gasteiger partial charge < -0.3 is 15.2 Å². The van der Waals surface area contributed by atoms with Crippen LogP contribution in [0.4, 0.5) is 0 Å². The summed E-state index contributed by atoms with van der Waals surface area (Å²) in [5, 5.41) is 14.2. The highest BCUT2D eigenvalue weighted by Crippen LogP contribution is 2.21. The van der Waals surface area contributed by atoms with Gasteiger partial charge in [-0.2, -0.15) is 5.26 Å². The molecule has 0 saturated carbocycles. The molecule has 1 amide bonds. The Hall–Kier alpha value is -1.80. The second-order valence-corrected chi connectivity index (χ2v) is 4.56. The topological polar surface area (TPSA) is 69.8 Å². The lowest BCUT2D eigenvalue weighted by Crippen LogP contribution is -2.27. The van der Waals surface area contributed by atoms with Crippen LogP contribution in [0, 0.1) is 17.2 Å². The van der Waals surface area contributed by atoms with Crippen LogP contribution in [-0.2, 0) is 11.3 Å². The van der Waals surface area contributed by atoms with Gasteiger partial charge in [0.2, 0.25) is 5.91 Å². The molecule has 0 spiro atoms. The van der Waals surface area contributed by atoms with Gasteiger partial charge in [0.25, 0.3) is 0 Å². The van der Waals surface area contributed by atoms with E-state index in [1.165, 1.54) is 5.56 Å². The van der Waals surface area contributed by atoms with Crippen molar-refractivity contribution in [3.05, 3.63) is 24.0 Å². The Balaban J connectivity index is 2.63. The Kier molecular flexibility index (Phi) is 5.40. The highest BCUT2D eigenvalue weighted by molar-refractivity contribution is 5.75. The molecule has 1 aromatic heterocycles. The van der Waals surface area contributed by atoms with Crippen molar-refractivity contribution >= 4 is 5.91 Å². The summed E-state index contributed by atoms with van der Waals surface area (Å²) in [5.41, 5.74) is 1.17. The van der Waals surface area contributed by atoms with Crippen LogP contribution >= 0.6 is 0 Å². The number of aromatic nitrogens is 1. The van der Waals surface area contributed by atoms with Gasteiger partial charge in [-0.25, -0.2) is 0 Å². The van der Waals surface area contributed by atoms with Gasteiger partial charge in [-0.3, -0.25) is 4.79 Å². The van der Waals surface area contributed by atoms with E-state index in [0.717, 1.165) is 0 Å². The van der Waals surface area contributed by atoms with E-state index in [9.17, 15) is 4.79 Å². The number of carbonyl (C=O) groups is 1. The van der Waals surface area contributed by atoms with Gasteiger partial charge in [-0.05, 0) is 24.6 Å². The van der Waals surface area contributed by atoms with Crippen LogP contribution in [0.25, 0.3) is 0 Å². The SMILES string of the molecule is CNC(c1ccn(CC(=O)NCC#N)c1)C(C)C. The second kappa shape index (κ2) is 6.82. The second-order valence-electron chi connectivity index (χ2n) is 4.56. The first-order valence-corrected chi connectivity index (χ1v) is 6.05. The van der Waals surface area contributed by atoms with E-state index >= 15 is 0 Å². The lowest BCUT2D eigenvalue weighted by molar-refractivity contribution is -0.121. The summed E-state index contributed by atoms with van der Waals surface area (Å²) in [7, 11) is 1.93. The summed E-state index contributed by atoms with van der Waals surface area (Å²) in [6.45, 7) is 4.60. The number of carbonyl (C=O) groups excluding carboxylic acids is 1. The van der Waals surface area contributed by atoms with Crippen molar-refractivity contribution in [2.45, 2.75) is 26.4 Å². The minimum absolute atomic E-state index is 0.0537. The maximum atomic E-state index is 11.5. The number of rotatable bonds is 6. The van der Waals surface area contributed by atoms with E-state index in [1.807, 2.05) is 36.1 Å². The molecule has 0 aliphatic rings. The van der Waals surface area contributed by atoms with Crippen LogP contribution in [0.15, 0.2) is 18.5 Å². The number of amides is 1. The van der Waals surface area contributed by atoms with Crippen LogP contribution in [0.1, 0.15) is 25.5 Å². The molecule has 5 nitrogen and oxygen atoms in total. The summed E-state index contributed by atoms with van der Waals surface area (Å²) >= 11 is 0. The summed E-state index contributed by atoms with van der Waals surface area (Å²) < 4.78 is 1.83. The van der Waals surface area contributed by atoms with E-state index in [4.69, 9.17) is 5.26 Å². The summed E-state index contributed by atoms with van der Waals surface area (Å²) in [6.07, 6.45) is 3.85. The number of hydrogen-bond donors (Lipinski definition) is 2. The molecule has 0 aliphatic heterocycles. The molecule has 18 heavy (non-hydrogen) atoms. The van der Waals surface area contributed by atoms with Gasteiger partial charge in [0, 0.05) is 18.4 Å². The first kappa shape index (κ1) is 14.3. The Labute approximate surface area is 108 Å². The summed E-state index contributed by atoms with van der Waals surface area (Å²) in [5.74, 6) is 0.336. The van der Waals surface area contributed by atoms with Crippen molar-refractivity contribution in [3.8, 4) is 6.07 Å². The molecule has 1 rings (SSSR count). The number of hydrogen-bond acceptors (Lipinski definition) is 3. The Morgan fingerprint density at radius 1 is 1.56 bits per heavy atom. The Bertz CT molecular complexity index is 430. The third kappa shape index (κ3) is 3.90. The molecule has 5 heteroatoms. The average Bonchev–Trinajstić information content (AvgIpc) is 2.75. The number of nitrogens with one attached hydrogen (secondary N) is 2. The fourth-order valence-electron chi connectivity index (χ4n) is 1.99. The first-order valence-electron chi connectivity index (χ1n) is 6.05. The van der Waals surface area contributed by atoms with Crippen molar-refractivity contribution in [1.82, 2.24) is 15.2 Å². The van der Waals surface area contributed by atoms with Gasteiger partial charge >= 0.3 is 0 Å². The molecule has 98 valence electrons. The van der Waals surface area contributed by atoms with E-state index in [-0.39, 0.29) is 25.0 Å². The van der Waals surface area contributed by atoms with Crippen molar-refractivity contribution < 1.29 is 4.79 Å². The quantitative estimate of drug-likeness (QED) is 0.739. The monoisotopic (exact) mass is 248 g/mol. The zero-order valence-corrected chi connectivity index (χ0v) is 11.1. The molecule has 1 unspecified atom stereocenters. The molecule has 1 aromatic rings. The zero-order valence-electron chi connectivity index (χ0n) is 11.1. The average molecular weight is 248 g/mol. The number of nitriles is 1. The standard InChI is InChI=1S/C13H20N4O/c1-10(2)13(15-3)11-4-7-17(8-11)9-12(18)16-6-5-14/h4,7-8,10,13,15H,6,9H2,1-3H3,(H,16,18). The molecule has 2 N–H and O–H groups in total. The zero-order chi connectivity index (χ0) is 13.5. The van der Waals surface area contributed by atoms with Gasteiger partial charge in [-0.1, -0.05) is 13.8 Å². The highest BCUT2D eigenvalue weighted by atomic mass is 16.1. The molecule has 1 heterocycles. The predicted octanol–water partition coefficient (Wildman–Crippen LogP) is 1.04. The van der Waals surface area contributed by atoms with Crippen LogP contribution in [0.3, 0.4) is 0 Å². The van der Waals surface area contributed by atoms with Crippen molar-refractivity contribution in [1.29, 1.82) is 5.26 Å². The maximum absolute atomic E-state index is 11.5. The summed E-state index contributed by atoms with van der Waals surface area (Å²) in [4.78, 5) is 11.5. The molecule has 0 aliphatic carbocycles. The van der Waals surface area contributed by atoms with Gasteiger partial charge in [-0.15, -0.1) is 0 Å². The molecule has 0 aromatic carbocycles. The minimum Gasteiger partial charge on any atom is -0.345 e. The van der Waals surface area contributed by atoms with Crippen molar-refractivity contribution in [2.75, 3.05) is 13.6 Å². The third-order valence-electron chi connectivity index (χ3n) is 2.80. The maximum Gasteiger partial charge on any atom is 0.240 e. The fourth-order valence-corrected chi connectivity index (χ4v) is 1.99. The molecule has 0 bridgehead atoms. The molecular weight excluding hydrogens is 228 g/mol. The van der Waals surface area contributed by atoms with Gasteiger partial charge in [0.1, 0.15) is 13.1 Å². The highest BCUT2D eigenvalue weighted by Gasteiger charge is 2.14. The normalized spacial score (nSPS) is 12.2. The van der Waals surface area contributed by atoms with E-state index < -0.39 is 0 Å². The molecule has 0 fully saturated rings. The van der Waals surface area contributed by atoms with Crippen molar-refractivity contribution in [2.24, 2.45) is 5.92 Å². The van der Waals surface area contributed by atoms with E-state index in [1.54, 1.807) is 0 Å². The third-order valence-corrected chi connectivity index (χ3v) is 2.80. The lowest BCUT2D eigenvalue weighted by Gasteiger charge is -2.18. The summed E-state index contributed by atoms with van der Waals surface area (Å²) in [6, 6.07) is 4.18. The van der Waals surface area contributed by atoms with Crippen LogP contribution in [0.5, 0.6) is 0 Å². The van der Waals surface area contributed by atoms with Gasteiger partial charge in [0.05, 0.1) is 6.07 Å². The van der Waals surface area contributed by atoms with E-state index in [0.29, 0.717) is 5.92 Å². The first-order chi connectivity index (χ1) is 8.58. The Morgan fingerprint density at radius 2 is 2.28 bits per heavy atom. The molecule has 1 atom stereocenters. The van der Waals surface area contributed by atoms with Gasteiger partial charge in [0.15, 0.2) is 0 Å².